The van der Waals surface area contributed by atoms with E-state index in [4.69, 9.17) is 0 Å². The van der Waals surface area contributed by atoms with Gasteiger partial charge >= 0.3 is 0 Å². The van der Waals surface area contributed by atoms with Crippen LogP contribution in [0.2, 0.25) is 0 Å². The molecule has 0 saturated heterocycles. The zero-order chi connectivity index (χ0) is 21.8. The lowest BCUT2D eigenvalue weighted by molar-refractivity contribution is -0.0336. The Bertz CT molecular complexity index is 701. The SMILES string of the molecule is C=C(CC[C@@H](C)[C@H]1CC[C@@H]2C3=C(CC[C@@]21C)[C@@]1(C)CC[C@H](O)[C@@H](C)[C@@H]1CC3)C(C)C. The van der Waals surface area contributed by atoms with E-state index in [1.165, 1.54) is 63.4 Å². The number of aliphatic hydroxyl groups excluding tert-OH is 1. The van der Waals surface area contributed by atoms with Gasteiger partial charge in [-0.25, -0.2) is 0 Å². The molecular formula is C29H48O. The van der Waals surface area contributed by atoms with Crippen molar-refractivity contribution in [3.05, 3.63) is 23.3 Å². The third-order valence-electron chi connectivity index (χ3n) is 11.0. The van der Waals surface area contributed by atoms with Crippen molar-refractivity contribution in [1.29, 1.82) is 0 Å². The number of aliphatic hydroxyl groups is 1. The zero-order valence-electron chi connectivity index (χ0n) is 20.8. The van der Waals surface area contributed by atoms with Crippen LogP contribution in [-0.4, -0.2) is 11.2 Å². The average molecular weight is 413 g/mol. The van der Waals surface area contributed by atoms with E-state index in [0.29, 0.717) is 28.6 Å². The van der Waals surface area contributed by atoms with E-state index < -0.39 is 0 Å². The Morgan fingerprint density at radius 1 is 1.07 bits per heavy atom. The minimum absolute atomic E-state index is 0.0728. The second-order valence-electron chi connectivity index (χ2n) is 12.6. The summed E-state index contributed by atoms with van der Waals surface area (Å²) in [6.45, 7) is 19.0. The van der Waals surface area contributed by atoms with Crippen LogP contribution >= 0.6 is 0 Å². The van der Waals surface area contributed by atoms with Crippen LogP contribution in [0.25, 0.3) is 0 Å². The molecule has 170 valence electrons. The highest BCUT2D eigenvalue weighted by molar-refractivity contribution is 5.34. The predicted octanol–water partition coefficient (Wildman–Crippen LogP) is 7.94. The van der Waals surface area contributed by atoms with Gasteiger partial charge in [0.15, 0.2) is 0 Å². The Balaban J connectivity index is 1.54. The van der Waals surface area contributed by atoms with Crippen LogP contribution in [0.1, 0.15) is 106 Å². The lowest BCUT2D eigenvalue weighted by atomic mass is 9.49. The van der Waals surface area contributed by atoms with Gasteiger partial charge in [-0.05, 0) is 111 Å². The van der Waals surface area contributed by atoms with E-state index in [-0.39, 0.29) is 6.10 Å². The summed E-state index contributed by atoms with van der Waals surface area (Å²) in [7, 11) is 0. The van der Waals surface area contributed by atoms with E-state index in [1.54, 1.807) is 0 Å². The van der Waals surface area contributed by atoms with Gasteiger partial charge < -0.3 is 5.11 Å². The van der Waals surface area contributed by atoms with Gasteiger partial charge in [-0.1, -0.05) is 64.8 Å². The molecule has 0 spiro atoms. The fourth-order valence-corrected chi connectivity index (χ4v) is 8.79. The molecule has 0 aromatic rings. The second kappa shape index (κ2) is 8.09. The Hall–Kier alpha value is -0.560. The molecule has 0 aromatic carbocycles. The molecule has 0 amide bonds. The normalized spacial score (nSPS) is 44.5. The first-order chi connectivity index (χ1) is 14.1. The minimum Gasteiger partial charge on any atom is -0.393 e. The highest BCUT2D eigenvalue weighted by Gasteiger charge is 2.56. The molecular weight excluding hydrogens is 364 g/mol. The van der Waals surface area contributed by atoms with Crippen molar-refractivity contribution in [1.82, 2.24) is 0 Å². The summed E-state index contributed by atoms with van der Waals surface area (Å²) in [5, 5.41) is 10.5. The van der Waals surface area contributed by atoms with E-state index in [9.17, 15) is 5.11 Å². The van der Waals surface area contributed by atoms with Crippen molar-refractivity contribution in [3.8, 4) is 0 Å². The molecule has 0 heterocycles. The summed E-state index contributed by atoms with van der Waals surface area (Å²) in [6.07, 6.45) is 12.9. The van der Waals surface area contributed by atoms with Crippen molar-refractivity contribution in [2.75, 3.05) is 0 Å². The van der Waals surface area contributed by atoms with E-state index >= 15 is 0 Å². The Morgan fingerprint density at radius 2 is 1.80 bits per heavy atom. The standard InChI is InChI=1S/C29H48O/c1-18(2)19(3)8-9-20(4)23-12-13-25-22-10-11-24-21(5)27(30)15-17-29(24,7)26(22)14-16-28(23,25)6/h18,20-21,23-25,27,30H,3,8-17H2,1-2,4-7H3/t20-,21+,23-,24+,25-,27+,28-,29+/m1/s1. The third kappa shape index (κ3) is 3.46. The third-order valence-corrected chi connectivity index (χ3v) is 11.0. The smallest absolute Gasteiger partial charge is 0.0569 e. The first kappa shape index (κ1) is 22.6. The van der Waals surface area contributed by atoms with Crippen LogP contribution in [0, 0.1) is 46.3 Å². The second-order valence-corrected chi connectivity index (χ2v) is 12.6. The number of hydrogen-bond acceptors (Lipinski definition) is 1. The summed E-state index contributed by atoms with van der Waals surface area (Å²) >= 11 is 0. The molecule has 2 fully saturated rings. The summed E-state index contributed by atoms with van der Waals surface area (Å²) < 4.78 is 0. The minimum atomic E-state index is -0.0728. The van der Waals surface area contributed by atoms with Gasteiger partial charge in [-0.2, -0.15) is 0 Å². The zero-order valence-corrected chi connectivity index (χ0v) is 20.8. The molecule has 0 bridgehead atoms. The molecule has 1 nitrogen and oxygen atoms in total. The Kier molecular flexibility index (Phi) is 6.10. The number of hydrogen-bond donors (Lipinski definition) is 1. The quantitative estimate of drug-likeness (QED) is 0.454. The van der Waals surface area contributed by atoms with E-state index in [2.05, 4.69) is 48.1 Å². The van der Waals surface area contributed by atoms with Gasteiger partial charge in [0.2, 0.25) is 0 Å². The predicted molar refractivity (Wildman–Crippen MR) is 128 cm³/mol. The van der Waals surface area contributed by atoms with E-state index in [0.717, 1.165) is 24.2 Å². The molecule has 8 atom stereocenters. The molecule has 1 N–H and O–H groups in total. The monoisotopic (exact) mass is 412 g/mol. The van der Waals surface area contributed by atoms with Crippen LogP contribution in [0.15, 0.2) is 23.3 Å². The maximum atomic E-state index is 10.5. The summed E-state index contributed by atoms with van der Waals surface area (Å²) in [6, 6.07) is 0. The molecule has 4 rings (SSSR count). The van der Waals surface area contributed by atoms with Crippen LogP contribution < -0.4 is 0 Å². The fourth-order valence-electron chi connectivity index (χ4n) is 8.79. The summed E-state index contributed by atoms with van der Waals surface area (Å²) in [4.78, 5) is 0. The molecule has 4 aliphatic rings. The van der Waals surface area contributed by atoms with Crippen molar-refractivity contribution < 1.29 is 5.11 Å². The lowest BCUT2D eigenvalue weighted by Gasteiger charge is -2.56. The first-order valence-corrected chi connectivity index (χ1v) is 13.2. The molecule has 1 heteroatoms. The van der Waals surface area contributed by atoms with E-state index in [1.807, 2.05) is 11.1 Å². The molecule has 0 radical (unpaired) electrons. The van der Waals surface area contributed by atoms with Crippen LogP contribution in [0.4, 0.5) is 0 Å². The molecule has 4 aliphatic carbocycles. The Labute approximate surface area is 186 Å². The number of allylic oxidation sites excluding steroid dienone is 3. The highest BCUT2D eigenvalue weighted by Crippen LogP contribution is 2.66. The molecule has 2 saturated carbocycles. The van der Waals surface area contributed by atoms with Crippen molar-refractivity contribution in [2.24, 2.45) is 46.3 Å². The highest BCUT2D eigenvalue weighted by atomic mass is 16.3. The topological polar surface area (TPSA) is 20.2 Å². The van der Waals surface area contributed by atoms with Gasteiger partial charge in [0.1, 0.15) is 0 Å². The largest absolute Gasteiger partial charge is 0.393 e. The molecule has 0 unspecified atom stereocenters. The number of fused-ring (bicyclic) bond motifs is 4. The van der Waals surface area contributed by atoms with Crippen LogP contribution in [-0.2, 0) is 0 Å². The molecule has 0 aromatic heterocycles. The maximum Gasteiger partial charge on any atom is 0.0569 e. The van der Waals surface area contributed by atoms with Crippen molar-refractivity contribution >= 4 is 0 Å². The maximum absolute atomic E-state index is 10.5. The average Bonchev–Trinajstić information content (AvgIpc) is 3.06. The van der Waals surface area contributed by atoms with Crippen molar-refractivity contribution in [3.63, 3.8) is 0 Å². The van der Waals surface area contributed by atoms with Gasteiger partial charge in [0.25, 0.3) is 0 Å². The molecule has 0 aliphatic heterocycles. The molecule has 30 heavy (non-hydrogen) atoms. The van der Waals surface area contributed by atoms with Gasteiger partial charge in [-0.3, -0.25) is 0 Å². The number of rotatable bonds is 5. The van der Waals surface area contributed by atoms with Gasteiger partial charge in [0.05, 0.1) is 6.10 Å². The van der Waals surface area contributed by atoms with Crippen LogP contribution in [0.3, 0.4) is 0 Å². The first-order valence-electron chi connectivity index (χ1n) is 13.2. The Morgan fingerprint density at radius 3 is 2.50 bits per heavy atom. The fraction of sp³-hybridized carbons (Fsp3) is 0.862. The lowest BCUT2D eigenvalue weighted by Crippen LogP contribution is -2.49. The van der Waals surface area contributed by atoms with Gasteiger partial charge in [-0.15, -0.1) is 0 Å². The van der Waals surface area contributed by atoms with Crippen molar-refractivity contribution in [2.45, 2.75) is 112 Å². The van der Waals surface area contributed by atoms with Crippen LogP contribution in [0.5, 0.6) is 0 Å². The summed E-state index contributed by atoms with van der Waals surface area (Å²) in [5.74, 6) is 4.32. The summed E-state index contributed by atoms with van der Waals surface area (Å²) in [5.41, 5.74) is 6.08. The van der Waals surface area contributed by atoms with Gasteiger partial charge in [0, 0.05) is 0 Å².